The van der Waals surface area contributed by atoms with Crippen molar-refractivity contribution in [2.24, 2.45) is 0 Å². The lowest BCUT2D eigenvalue weighted by atomic mass is 10.0. The number of para-hydroxylation sites is 1. The molecule has 0 aliphatic heterocycles. The molecule has 3 heteroatoms. The first-order valence-electron chi connectivity index (χ1n) is 6.88. The second-order valence-electron chi connectivity index (χ2n) is 5.11. The molecule has 0 fully saturated rings. The summed E-state index contributed by atoms with van der Waals surface area (Å²) >= 11 is 0. The molecule has 0 N–H and O–H groups in total. The number of aromatic nitrogens is 2. The van der Waals surface area contributed by atoms with Gasteiger partial charge in [0.25, 0.3) is 0 Å². The number of hydrogen-bond acceptors (Lipinski definition) is 2. The highest BCUT2D eigenvalue weighted by molar-refractivity contribution is 6.09. The van der Waals surface area contributed by atoms with Crippen LogP contribution in [-0.4, -0.2) is 15.6 Å². The topological polar surface area (TPSA) is 34.9 Å². The van der Waals surface area contributed by atoms with Crippen molar-refractivity contribution >= 4 is 5.78 Å². The minimum atomic E-state index is -0.00569. The van der Waals surface area contributed by atoms with Crippen molar-refractivity contribution in [3.8, 4) is 5.69 Å². The summed E-state index contributed by atoms with van der Waals surface area (Å²) in [4.78, 5) is 12.8. The van der Waals surface area contributed by atoms with Crippen molar-refractivity contribution in [3.05, 3.63) is 83.2 Å². The van der Waals surface area contributed by atoms with Gasteiger partial charge in [0.05, 0.1) is 11.9 Å². The Kier molecular flexibility index (Phi) is 3.40. The molecule has 0 unspecified atom stereocenters. The Morgan fingerprint density at radius 3 is 2.48 bits per heavy atom. The number of aryl methyl sites for hydroxylation is 2. The molecule has 0 bridgehead atoms. The van der Waals surface area contributed by atoms with E-state index in [9.17, 15) is 4.79 Å². The maximum absolute atomic E-state index is 12.8. The Morgan fingerprint density at radius 1 is 1.00 bits per heavy atom. The van der Waals surface area contributed by atoms with Crippen LogP contribution in [0.4, 0.5) is 0 Å². The first-order chi connectivity index (χ1) is 10.2. The third kappa shape index (κ3) is 2.50. The lowest BCUT2D eigenvalue weighted by molar-refractivity contribution is 0.103. The van der Waals surface area contributed by atoms with Crippen LogP contribution in [0.2, 0.25) is 0 Å². The summed E-state index contributed by atoms with van der Waals surface area (Å²) in [5.74, 6) is -0.00569. The molecule has 0 radical (unpaired) electrons. The largest absolute Gasteiger partial charge is 0.287 e. The highest BCUT2D eigenvalue weighted by atomic mass is 16.1. The lowest BCUT2D eigenvalue weighted by Gasteiger charge is -2.09. The number of hydrogen-bond donors (Lipinski definition) is 0. The molecule has 1 heterocycles. The summed E-state index contributed by atoms with van der Waals surface area (Å²) in [5.41, 5.74) is 4.32. The van der Waals surface area contributed by atoms with Crippen LogP contribution in [0.5, 0.6) is 0 Å². The standard InChI is InChI=1S/C18H16N2O/c1-13-8-9-16(14(2)12-13)18(21)17-10-11-19-20(17)15-6-4-3-5-7-15/h3-12H,1-2H3. The van der Waals surface area contributed by atoms with Crippen LogP contribution in [0.25, 0.3) is 5.69 Å². The van der Waals surface area contributed by atoms with E-state index in [2.05, 4.69) is 5.10 Å². The van der Waals surface area contributed by atoms with Gasteiger partial charge in [0, 0.05) is 5.56 Å². The van der Waals surface area contributed by atoms with Gasteiger partial charge < -0.3 is 0 Å². The molecule has 0 aliphatic rings. The molecular weight excluding hydrogens is 260 g/mol. The van der Waals surface area contributed by atoms with Gasteiger partial charge in [-0.05, 0) is 37.6 Å². The third-order valence-corrected chi connectivity index (χ3v) is 3.50. The molecule has 3 aromatic rings. The van der Waals surface area contributed by atoms with Crippen LogP contribution in [0.15, 0.2) is 60.8 Å². The molecule has 0 spiro atoms. The zero-order valence-corrected chi connectivity index (χ0v) is 12.1. The van der Waals surface area contributed by atoms with Gasteiger partial charge in [0.1, 0.15) is 5.69 Å². The van der Waals surface area contributed by atoms with Crippen molar-refractivity contribution in [1.29, 1.82) is 0 Å². The molecule has 0 amide bonds. The van der Waals surface area contributed by atoms with Crippen molar-refractivity contribution in [2.75, 3.05) is 0 Å². The molecule has 21 heavy (non-hydrogen) atoms. The summed E-state index contributed by atoms with van der Waals surface area (Å²) in [7, 11) is 0. The van der Waals surface area contributed by atoms with E-state index in [1.807, 2.05) is 62.4 Å². The van der Waals surface area contributed by atoms with Gasteiger partial charge in [0.15, 0.2) is 0 Å². The van der Waals surface area contributed by atoms with Crippen molar-refractivity contribution in [3.63, 3.8) is 0 Å². The van der Waals surface area contributed by atoms with Crippen LogP contribution in [0.3, 0.4) is 0 Å². The average Bonchev–Trinajstić information content (AvgIpc) is 2.97. The monoisotopic (exact) mass is 276 g/mol. The van der Waals surface area contributed by atoms with E-state index < -0.39 is 0 Å². The van der Waals surface area contributed by atoms with E-state index in [4.69, 9.17) is 0 Å². The van der Waals surface area contributed by atoms with E-state index >= 15 is 0 Å². The molecule has 104 valence electrons. The molecule has 2 aromatic carbocycles. The zero-order valence-electron chi connectivity index (χ0n) is 12.1. The maximum Gasteiger partial charge on any atom is 0.211 e. The fourth-order valence-corrected chi connectivity index (χ4v) is 2.46. The summed E-state index contributed by atoms with van der Waals surface area (Å²) in [6.45, 7) is 3.99. The van der Waals surface area contributed by atoms with Gasteiger partial charge in [-0.2, -0.15) is 5.10 Å². The summed E-state index contributed by atoms with van der Waals surface area (Å²) in [6.07, 6.45) is 1.66. The Labute approximate surface area is 123 Å². The Balaban J connectivity index is 2.06. The number of rotatable bonds is 3. The predicted octanol–water partition coefficient (Wildman–Crippen LogP) is 3.72. The highest BCUT2D eigenvalue weighted by Gasteiger charge is 2.17. The number of carbonyl (C=O) groups is 1. The third-order valence-electron chi connectivity index (χ3n) is 3.50. The molecule has 1 aromatic heterocycles. The SMILES string of the molecule is Cc1ccc(C(=O)c2ccnn2-c2ccccc2)c(C)c1. The summed E-state index contributed by atoms with van der Waals surface area (Å²) < 4.78 is 1.68. The van der Waals surface area contributed by atoms with Gasteiger partial charge in [-0.25, -0.2) is 4.68 Å². The van der Waals surface area contributed by atoms with Crippen LogP contribution < -0.4 is 0 Å². The van der Waals surface area contributed by atoms with Gasteiger partial charge >= 0.3 is 0 Å². The quantitative estimate of drug-likeness (QED) is 0.683. The predicted molar refractivity (Wildman–Crippen MR) is 82.9 cm³/mol. The van der Waals surface area contributed by atoms with E-state index in [-0.39, 0.29) is 5.78 Å². The zero-order chi connectivity index (χ0) is 14.8. The van der Waals surface area contributed by atoms with E-state index in [1.54, 1.807) is 16.9 Å². The van der Waals surface area contributed by atoms with Crippen LogP contribution in [0.1, 0.15) is 27.2 Å². The number of carbonyl (C=O) groups excluding carboxylic acids is 1. The van der Waals surface area contributed by atoms with Crippen LogP contribution in [0, 0.1) is 13.8 Å². The van der Waals surface area contributed by atoms with Gasteiger partial charge in [-0.3, -0.25) is 4.79 Å². The van der Waals surface area contributed by atoms with Gasteiger partial charge in [0.2, 0.25) is 5.78 Å². The first kappa shape index (κ1) is 13.3. The number of ketones is 1. The summed E-state index contributed by atoms with van der Waals surface area (Å²) in [6, 6.07) is 17.3. The lowest BCUT2D eigenvalue weighted by Crippen LogP contribution is -2.11. The normalized spacial score (nSPS) is 10.6. The molecule has 0 saturated carbocycles. The Morgan fingerprint density at radius 2 is 1.76 bits per heavy atom. The fraction of sp³-hybridized carbons (Fsp3) is 0.111. The van der Waals surface area contributed by atoms with Crippen LogP contribution in [-0.2, 0) is 0 Å². The van der Waals surface area contributed by atoms with Crippen molar-refractivity contribution in [1.82, 2.24) is 9.78 Å². The molecule has 0 aliphatic carbocycles. The fourth-order valence-electron chi connectivity index (χ4n) is 2.46. The Hall–Kier alpha value is -2.68. The minimum absolute atomic E-state index is 0.00569. The highest BCUT2D eigenvalue weighted by Crippen LogP contribution is 2.18. The maximum atomic E-state index is 12.8. The second-order valence-corrected chi connectivity index (χ2v) is 5.11. The smallest absolute Gasteiger partial charge is 0.211 e. The van der Waals surface area contributed by atoms with E-state index in [1.165, 1.54) is 0 Å². The van der Waals surface area contributed by atoms with E-state index in [0.29, 0.717) is 5.69 Å². The van der Waals surface area contributed by atoms with Crippen molar-refractivity contribution < 1.29 is 4.79 Å². The molecule has 3 nitrogen and oxygen atoms in total. The van der Waals surface area contributed by atoms with Gasteiger partial charge in [-0.1, -0.05) is 42.0 Å². The van der Waals surface area contributed by atoms with Gasteiger partial charge in [-0.15, -0.1) is 0 Å². The second kappa shape index (κ2) is 5.37. The van der Waals surface area contributed by atoms with Crippen LogP contribution >= 0.6 is 0 Å². The molecule has 0 saturated heterocycles. The number of benzene rings is 2. The molecule has 0 atom stereocenters. The van der Waals surface area contributed by atoms with E-state index in [0.717, 1.165) is 22.4 Å². The van der Waals surface area contributed by atoms with Crippen molar-refractivity contribution in [2.45, 2.75) is 13.8 Å². The molecule has 3 rings (SSSR count). The minimum Gasteiger partial charge on any atom is -0.287 e. The Bertz CT molecular complexity index is 788. The number of nitrogens with zero attached hydrogens (tertiary/aromatic N) is 2. The first-order valence-corrected chi connectivity index (χ1v) is 6.88. The summed E-state index contributed by atoms with van der Waals surface area (Å²) in [5, 5.41) is 4.28. The average molecular weight is 276 g/mol. The molecular formula is C18H16N2O.